The van der Waals surface area contributed by atoms with Crippen LogP contribution in [0.5, 0.6) is 0 Å². The van der Waals surface area contributed by atoms with Crippen LogP contribution in [0.3, 0.4) is 0 Å². The highest BCUT2D eigenvalue weighted by atomic mass is 16.5. The summed E-state index contributed by atoms with van der Waals surface area (Å²) in [5.74, 6) is 0.376. The largest absolute Gasteiger partial charge is 0.385 e. The van der Waals surface area contributed by atoms with Crippen LogP contribution in [0.1, 0.15) is 41.1 Å². The van der Waals surface area contributed by atoms with Crippen molar-refractivity contribution in [3.05, 3.63) is 65.5 Å². The van der Waals surface area contributed by atoms with Crippen LogP contribution in [-0.4, -0.2) is 41.6 Å². The highest BCUT2D eigenvalue weighted by molar-refractivity contribution is 5.95. The average molecular weight is 409 g/mol. The van der Waals surface area contributed by atoms with Crippen molar-refractivity contribution in [3.63, 3.8) is 0 Å². The Labute approximate surface area is 176 Å². The fraction of sp³-hybridized carbons (Fsp3) is 0.348. The van der Waals surface area contributed by atoms with Crippen molar-refractivity contribution in [1.82, 2.24) is 20.2 Å². The number of nitrogens with zero attached hydrogens (tertiary/aromatic N) is 2. The van der Waals surface area contributed by atoms with E-state index in [9.17, 15) is 9.59 Å². The minimum atomic E-state index is -0.370. The molecular weight excluding hydrogens is 380 g/mol. The van der Waals surface area contributed by atoms with Crippen molar-refractivity contribution in [2.45, 2.75) is 32.9 Å². The number of ether oxygens (including phenoxy) is 1. The number of methoxy groups -OCH3 is 1. The molecule has 0 aliphatic carbocycles. The summed E-state index contributed by atoms with van der Waals surface area (Å²) in [6.07, 6.45) is 0.753. The Morgan fingerprint density at radius 1 is 1.13 bits per heavy atom. The SMILES string of the molecule is COCCCNC(=O)Cn1c(C(C)NC(=O)c2ccccc2C)nc2ccccc21. The number of aromatic nitrogens is 2. The molecule has 1 heterocycles. The summed E-state index contributed by atoms with van der Waals surface area (Å²) in [4.78, 5) is 29.9. The smallest absolute Gasteiger partial charge is 0.252 e. The maximum Gasteiger partial charge on any atom is 0.252 e. The fourth-order valence-corrected chi connectivity index (χ4v) is 3.40. The second-order valence-corrected chi connectivity index (χ2v) is 7.25. The van der Waals surface area contributed by atoms with E-state index in [0.717, 1.165) is 23.0 Å². The molecule has 2 aromatic carbocycles. The summed E-state index contributed by atoms with van der Waals surface area (Å²) in [6.45, 7) is 5.07. The molecule has 0 bridgehead atoms. The Morgan fingerprint density at radius 3 is 2.63 bits per heavy atom. The molecule has 2 amide bonds. The first-order valence-electron chi connectivity index (χ1n) is 10.1. The standard InChI is InChI=1S/C23H28N4O3/c1-16-9-4-5-10-18(16)23(29)25-17(2)22-26-19-11-6-7-12-20(19)27(22)15-21(28)24-13-8-14-30-3/h4-7,9-12,17H,8,13-15H2,1-3H3,(H,24,28)(H,25,29). The number of aryl methyl sites for hydroxylation is 1. The first-order valence-corrected chi connectivity index (χ1v) is 10.1. The lowest BCUT2D eigenvalue weighted by molar-refractivity contribution is -0.121. The molecule has 3 aromatic rings. The number of hydrogen-bond acceptors (Lipinski definition) is 4. The Balaban J connectivity index is 1.80. The van der Waals surface area contributed by atoms with E-state index in [2.05, 4.69) is 10.6 Å². The first kappa shape index (κ1) is 21.5. The Bertz CT molecular complexity index is 1030. The zero-order valence-corrected chi connectivity index (χ0v) is 17.6. The molecule has 30 heavy (non-hydrogen) atoms. The van der Waals surface area contributed by atoms with Crippen molar-refractivity contribution in [2.24, 2.45) is 0 Å². The molecule has 0 saturated carbocycles. The molecule has 1 aromatic heterocycles. The highest BCUT2D eigenvalue weighted by Crippen LogP contribution is 2.21. The van der Waals surface area contributed by atoms with Gasteiger partial charge in [0, 0.05) is 25.8 Å². The minimum Gasteiger partial charge on any atom is -0.385 e. The number of carbonyl (C=O) groups excluding carboxylic acids is 2. The van der Waals surface area contributed by atoms with Gasteiger partial charge in [-0.05, 0) is 44.0 Å². The molecule has 0 aliphatic heterocycles. The van der Waals surface area contributed by atoms with E-state index in [0.29, 0.717) is 24.5 Å². The topological polar surface area (TPSA) is 85.2 Å². The number of benzene rings is 2. The molecule has 2 N–H and O–H groups in total. The molecule has 0 radical (unpaired) electrons. The fourth-order valence-electron chi connectivity index (χ4n) is 3.40. The molecule has 0 fully saturated rings. The van der Waals surface area contributed by atoms with Gasteiger partial charge in [0.25, 0.3) is 5.91 Å². The van der Waals surface area contributed by atoms with Crippen LogP contribution in [-0.2, 0) is 16.1 Å². The number of amides is 2. The summed E-state index contributed by atoms with van der Waals surface area (Å²) >= 11 is 0. The molecule has 1 unspecified atom stereocenters. The van der Waals surface area contributed by atoms with Gasteiger partial charge in [-0.2, -0.15) is 0 Å². The van der Waals surface area contributed by atoms with Gasteiger partial charge in [0.2, 0.25) is 5.91 Å². The third-order valence-corrected chi connectivity index (χ3v) is 4.96. The number of imidazole rings is 1. The summed E-state index contributed by atoms with van der Waals surface area (Å²) in [5.41, 5.74) is 3.18. The van der Waals surface area contributed by atoms with Crippen LogP contribution in [0.2, 0.25) is 0 Å². The zero-order chi connectivity index (χ0) is 21.5. The summed E-state index contributed by atoms with van der Waals surface area (Å²) in [7, 11) is 1.64. The Morgan fingerprint density at radius 2 is 1.87 bits per heavy atom. The summed E-state index contributed by atoms with van der Waals surface area (Å²) in [5, 5.41) is 5.92. The summed E-state index contributed by atoms with van der Waals surface area (Å²) in [6, 6.07) is 14.7. The van der Waals surface area contributed by atoms with E-state index in [1.165, 1.54) is 0 Å². The van der Waals surface area contributed by atoms with Crippen LogP contribution in [0.4, 0.5) is 0 Å². The van der Waals surface area contributed by atoms with E-state index in [1.807, 2.05) is 60.9 Å². The Hall–Kier alpha value is -3.19. The molecule has 3 rings (SSSR count). The number of carbonyl (C=O) groups is 2. The molecule has 1 atom stereocenters. The first-order chi connectivity index (χ1) is 14.5. The van der Waals surface area contributed by atoms with Gasteiger partial charge < -0.3 is 19.9 Å². The van der Waals surface area contributed by atoms with E-state index >= 15 is 0 Å². The van der Waals surface area contributed by atoms with E-state index in [-0.39, 0.29) is 24.4 Å². The van der Waals surface area contributed by atoms with E-state index < -0.39 is 0 Å². The molecule has 158 valence electrons. The minimum absolute atomic E-state index is 0.104. The van der Waals surface area contributed by atoms with E-state index in [1.54, 1.807) is 13.2 Å². The van der Waals surface area contributed by atoms with E-state index in [4.69, 9.17) is 9.72 Å². The number of para-hydroxylation sites is 2. The van der Waals surface area contributed by atoms with Gasteiger partial charge >= 0.3 is 0 Å². The predicted molar refractivity (Wildman–Crippen MR) is 116 cm³/mol. The molecule has 0 saturated heterocycles. The quantitative estimate of drug-likeness (QED) is 0.533. The molecule has 7 nitrogen and oxygen atoms in total. The van der Waals surface area contributed by atoms with Gasteiger partial charge in [0.05, 0.1) is 17.1 Å². The third-order valence-electron chi connectivity index (χ3n) is 4.96. The van der Waals surface area contributed by atoms with Crippen LogP contribution < -0.4 is 10.6 Å². The van der Waals surface area contributed by atoms with Gasteiger partial charge in [-0.3, -0.25) is 9.59 Å². The maximum atomic E-state index is 12.8. The zero-order valence-electron chi connectivity index (χ0n) is 17.6. The number of hydrogen-bond donors (Lipinski definition) is 2. The van der Waals surface area contributed by atoms with Crippen molar-refractivity contribution < 1.29 is 14.3 Å². The van der Waals surface area contributed by atoms with Crippen molar-refractivity contribution >= 4 is 22.8 Å². The van der Waals surface area contributed by atoms with Crippen LogP contribution in [0.25, 0.3) is 11.0 Å². The molecular formula is C23H28N4O3. The maximum absolute atomic E-state index is 12.8. The van der Waals surface area contributed by atoms with Crippen LogP contribution >= 0.6 is 0 Å². The van der Waals surface area contributed by atoms with Crippen LogP contribution in [0, 0.1) is 6.92 Å². The second kappa shape index (κ2) is 10.0. The number of nitrogens with one attached hydrogen (secondary N) is 2. The Kier molecular flexibility index (Phi) is 7.19. The molecule has 0 aliphatic rings. The lowest BCUT2D eigenvalue weighted by Gasteiger charge is -2.17. The average Bonchev–Trinajstić information content (AvgIpc) is 3.10. The van der Waals surface area contributed by atoms with Crippen molar-refractivity contribution in [1.29, 1.82) is 0 Å². The highest BCUT2D eigenvalue weighted by Gasteiger charge is 2.21. The monoisotopic (exact) mass is 408 g/mol. The van der Waals surface area contributed by atoms with Crippen LogP contribution in [0.15, 0.2) is 48.5 Å². The molecule has 7 heteroatoms. The predicted octanol–water partition coefficient (Wildman–Crippen LogP) is 2.99. The van der Waals surface area contributed by atoms with Crippen molar-refractivity contribution in [2.75, 3.05) is 20.3 Å². The lowest BCUT2D eigenvalue weighted by atomic mass is 10.1. The number of fused-ring (bicyclic) bond motifs is 1. The van der Waals surface area contributed by atoms with Gasteiger partial charge in [-0.25, -0.2) is 4.98 Å². The molecule has 0 spiro atoms. The second-order valence-electron chi connectivity index (χ2n) is 7.25. The number of rotatable bonds is 9. The van der Waals surface area contributed by atoms with Gasteiger partial charge in [-0.1, -0.05) is 30.3 Å². The van der Waals surface area contributed by atoms with Gasteiger partial charge in [-0.15, -0.1) is 0 Å². The van der Waals surface area contributed by atoms with Crippen molar-refractivity contribution in [3.8, 4) is 0 Å². The van der Waals surface area contributed by atoms with Gasteiger partial charge in [0.15, 0.2) is 0 Å². The third kappa shape index (κ3) is 5.04. The lowest BCUT2D eigenvalue weighted by Crippen LogP contribution is -2.32. The van der Waals surface area contributed by atoms with Gasteiger partial charge in [0.1, 0.15) is 12.4 Å². The normalized spacial score (nSPS) is 12.0. The summed E-state index contributed by atoms with van der Waals surface area (Å²) < 4.78 is 6.88.